The fourth-order valence-corrected chi connectivity index (χ4v) is 2.17. The monoisotopic (exact) mass is 347 g/mol. The molecular formula is C16H12F3N5O. The number of alkyl halides is 3. The molecule has 0 atom stereocenters. The Morgan fingerprint density at radius 2 is 1.80 bits per heavy atom. The van der Waals surface area contributed by atoms with E-state index in [2.05, 4.69) is 15.6 Å². The van der Waals surface area contributed by atoms with Crippen molar-refractivity contribution >= 4 is 17.4 Å². The first-order chi connectivity index (χ1) is 11.9. The Bertz CT molecular complexity index is 906. The van der Waals surface area contributed by atoms with Gasteiger partial charge in [-0.05, 0) is 30.3 Å². The van der Waals surface area contributed by atoms with Crippen molar-refractivity contribution in [2.45, 2.75) is 6.18 Å². The van der Waals surface area contributed by atoms with Gasteiger partial charge in [-0.25, -0.2) is 0 Å². The van der Waals surface area contributed by atoms with E-state index in [4.69, 9.17) is 5.73 Å². The molecule has 0 saturated heterocycles. The highest BCUT2D eigenvalue weighted by molar-refractivity contribution is 6.05. The number of hydrogen-bond acceptors (Lipinski definition) is 4. The van der Waals surface area contributed by atoms with E-state index in [1.54, 1.807) is 30.3 Å². The maximum atomic E-state index is 12.7. The summed E-state index contributed by atoms with van der Waals surface area (Å²) in [7, 11) is 0. The molecule has 9 heteroatoms. The SMILES string of the molecule is Nc1c(C(=O)Nc2cccc(C(F)(F)F)c2)nnn1-c1ccccc1. The number of nitrogens with two attached hydrogens (primary N) is 1. The Labute approximate surface area is 140 Å². The molecule has 3 aromatic rings. The zero-order valence-electron chi connectivity index (χ0n) is 12.7. The van der Waals surface area contributed by atoms with E-state index in [1.807, 2.05) is 0 Å². The number of amides is 1. The van der Waals surface area contributed by atoms with Crippen LogP contribution < -0.4 is 11.1 Å². The molecule has 0 unspecified atom stereocenters. The molecule has 1 heterocycles. The summed E-state index contributed by atoms with van der Waals surface area (Å²) in [4.78, 5) is 12.3. The van der Waals surface area contributed by atoms with Gasteiger partial charge in [0.2, 0.25) is 0 Å². The number of halogens is 3. The van der Waals surface area contributed by atoms with Gasteiger partial charge in [0.1, 0.15) is 0 Å². The van der Waals surface area contributed by atoms with Gasteiger partial charge in [-0.3, -0.25) is 4.79 Å². The van der Waals surface area contributed by atoms with E-state index in [0.29, 0.717) is 5.69 Å². The average Bonchev–Trinajstić information content (AvgIpc) is 2.97. The molecule has 1 aromatic heterocycles. The van der Waals surface area contributed by atoms with Gasteiger partial charge < -0.3 is 11.1 Å². The maximum absolute atomic E-state index is 12.7. The summed E-state index contributed by atoms with van der Waals surface area (Å²) in [6.07, 6.45) is -4.50. The molecule has 0 aliphatic rings. The van der Waals surface area contributed by atoms with Gasteiger partial charge in [0.15, 0.2) is 11.5 Å². The number of para-hydroxylation sites is 1. The number of aromatic nitrogens is 3. The van der Waals surface area contributed by atoms with Gasteiger partial charge in [-0.1, -0.05) is 29.5 Å². The second-order valence-electron chi connectivity index (χ2n) is 5.10. The molecule has 2 aromatic carbocycles. The van der Waals surface area contributed by atoms with Crippen LogP contribution in [-0.4, -0.2) is 20.9 Å². The molecule has 0 radical (unpaired) electrons. The van der Waals surface area contributed by atoms with Crippen LogP contribution in [0.5, 0.6) is 0 Å². The predicted molar refractivity (Wildman–Crippen MR) is 85.2 cm³/mol. The highest BCUT2D eigenvalue weighted by Crippen LogP contribution is 2.30. The number of anilines is 2. The van der Waals surface area contributed by atoms with Crippen molar-refractivity contribution in [2.24, 2.45) is 0 Å². The van der Waals surface area contributed by atoms with Crippen LogP contribution in [0, 0.1) is 0 Å². The van der Waals surface area contributed by atoms with Gasteiger partial charge in [0.05, 0.1) is 11.3 Å². The lowest BCUT2D eigenvalue weighted by Gasteiger charge is -2.09. The van der Waals surface area contributed by atoms with Crippen LogP contribution >= 0.6 is 0 Å². The normalized spacial score (nSPS) is 11.3. The Balaban J connectivity index is 1.85. The first-order valence-electron chi connectivity index (χ1n) is 7.11. The number of nitrogen functional groups attached to an aromatic ring is 1. The zero-order valence-corrected chi connectivity index (χ0v) is 12.7. The van der Waals surface area contributed by atoms with Gasteiger partial charge in [0.25, 0.3) is 5.91 Å². The van der Waals surface area contributed by atoms with Crippen LogP contribution in [0.2, 0.25) is 0 Å². The summed E-state index contributed by atoms with van der Waals surface area (Å²) >= 11 is 0. The Kier molecular flexibility index (Phi) is 4.14. The van der Waals surface area contributed by atoms with Crippen molar-refractivity contribution in [1.82, 2.24) is 15.0 Å². The minimum atomic E-state index is -4.50. The molecule has 0 saturated carbocycles. The third-order valence-corrected chi connectivity index (χ3v) is 3.37. The molecule has 0 fully saturated rings. The Morgan fingerprint density at radius 1 is 1.08 bits per heavy atom. The van der Waals surface area contributed by atoms with Crippen molar-refractivity contribution in [3.8, 4) is 5.69 Å². The molecule has 6 nitrogen and oxygen atoms in total. The van der Waals surface area contributed by atoms with Crippen LogP contribution in [0.15, 0.2) is 54.6 Å². The first kappa shape index (κ1) is 16.5. The molecular weight excluding hydrogens is 335 g/mol. The van der Waals surface area contributed by atoms with Gasteiger partial charge in [0, 0.05) is 5.69 Å². The van der Waals surface area contributed by atoms with Crippen LogP contribution in [0.4, 0.5) is 24.7 Å². The predicted octanol–water partition coefficient (Wildman–Crippen LogP) is 3.12. The number of rotatable bonds is 3. The zero-order chi connectivity index (χ0) is 18.0. The summed E-state index contributed by atoms with van der Waals surface area (Å²) in [6, 6.07) is 13.0. The summed E-state index contributed by atoms with van der Waals surface area (Å²) in [5.41, 5.74) is 5.42. The minimum Gasteiger partial charge on any atom is -0.382 e. The van der Waals surface area contributed by atoms with E-state index in [9.17, 15) is 18.0 Å². The molecule has 0 bridgehead atoms. The fourth-order valence-electron chi connectivity index (χ4n) is 2.17. The van der Waals surface area contributed by atoms with Gasteiger partial charge in [-0.15, -0.1) is 5.10 Å². The van der Waals surface area contributed by atoms with Crippen molar-refractivity contribution < 1.29 is 18.0 Å². The largest absolute Gasteiger partial charge is 0.416 e. The van der Waals surface area contributed by atoms with E-state index in [1.165, 1.54) is 16.8 Å². The molecule has 3 N–H and O–H groups in total. The minimum absolute atomic E-state index is 0.0179. The van der Waals surface area contributed by atoms with Crippen LogP contribution in [0.3, 0.4) is 0 Å². The summed E-state index contributed by atoms with van der Waals surface area (Å²) < 4.78 is 39.4. The number of nitrogens with zero attached hydrogens (tertiary/aromatic N) is 3. The quantitative estimate of drug-likeness (QED) is 0.762. The summed E-state index contributed by atoms with van der Waals surface area (Å²) in [5, 5.41) is 9.86. The van der Waals surface area contributed by atoms with Crippen LogP contribution in [0.1, 0.15) is 16.1 Å². The Morgan fingerprint density at radius 3 is 2.48 bits per heavy atom. The smallest absolute Gasteiger partial charge is 0.382 e. The second kappa shape index (κ2) is 6.27. The van der Waals surface area contributed by atoms with Gasteiger partial charge in [-0.2, -0.15) is 17.9 Å². The van der Waals surface area contributed by atoms with Gasteiger partial charge >= 0.3 is 6.18 Å². The summed E-state index contributed by atoms with van der Waals surface area (Å²) in [6.45, 7) is 0. The standard InChI is InChI=1S/C16H12F3N5O/c17-16(18,19)10-5-4-6-11(9-10)21-15(25)13-14(20)24(23-22-13)12-7-2-1-3-8-12/h1-9H,20H2,(H,21,25). The third-order valence-electron chi connectivity index (χ3n) is 3.37. The molecule has 3 rings (SSSR count). The van der Waals surface area contributed by atoms with Crippen molar-refractivity contribution in [1.29, 1.82) is 0 Å². The number of benzene rings is 2. The molecule has 1 amide bonds. The number of hydrogen-bond donors (Lipinski definition) is 2. The molecule has 128 valence electrons. The Hall–Kier alpha value is -3.36. The van der Waals surface area contributed by atoms with Crippen molar-refractivity contribution in [2.75, 3.05) is 11.1 Å². The van der Waals surface area contributed by atoms with E-state index >= 15 is 0 Å². The van der Waals surface area contributed by atoms with E-state index in [-0.39, 0.29) is 17.2 Å². The third kappa shape index (κ3) is 3.44. The first-order valence-corrected chi connectivity index (χ1v) is 7.11. The number of carbonyl (C=O) groups excluding carboxylic acids is 1. The van der Waals surface area contributed by atoms with E-state index in [0.717, 1.165) is 12.1 Å². The van der Waals surface area contributed by atoms with Crippen LogP contribution in [0.25, 0.3) is 5.69 Å². The fraction of sp³-hybridized carbons (Fsp3) is 0.0625. The second-order valence-corrected chi connectivity index (χ2v) is 5.10. The lowest BCUT2D eigenvalue weighted by Crippen LogP contribution is -2.15. The average molecular weight is 347 g/mol. The van der Waals surface area contributed by atoms with Crippen LogP contribution in [-0.2, 0) is 6.18 Å². The highest BCUT2D eigenvalue weighted by atomic mass is 19.4. The van der Waals surface area contributed by atoms with E-state index < -0.39 is 17.6 Å². The topological polar surface area (TPSA) is 85.8 Å². The highest BCUT2D eigenvalue weighted by Gasteiger charge is 2.30. The molecule has 0 spiro atoms. The number of nitrogens with one attached hydrogen (secondary N) is 1. The molecule has 0 aliphatic carbocycles. The molecule has 0 aliphatic heterocycles. The summed E-state index contributed by atoms with van der Waals surface area (Å²) in [5.74, 6) is -0.769. The maximum Gasteiger partial charge on any atom is 0.416 e. The van der Waals surface area contributed by atoms with Crippen molar-refractivity contribution in [3.05, 3.63) is 65.9 Å². The number of carbonyl (C=O) groups is 1. The lowest BCUT2D eigenvalue weighted by molar-refractivity contribution is -0.137. The molecule has 25 heavy (non-hydrogen) atoms. The van der Waals surface area contributed by atoms with Crippen molar-refractivity contribution in [3.63, 3.8) is 0 Å². The lowest BCUT2D eigenvalue weighted by atomic mass is 10.2.